The molecule has 0 bridgehead atoms. The van der Waals surface area contributed by atoms with E-state index < -0.39 is 0 Å². The van der Waals surface area contributed by atoms with Crippen LogP contribution in [-0.4, -0.2) is 5.91 Å². The minimum absolute atomic E-state index is 0.0203. The molecule has 21 heavy (non-hydrogen) atoms. The highest BCUT2D eigenvalue weighted by Crippen LogP contribution is 2.24. The zero-order chi connectivity index (χ0) is 15.4. The van der Waals surface area contributed by atoms with Gasteiger partial charge in [0.2, 0.25) is 0 Å². The molecule has 0 aliphatic rings. The number of carbonyl (C=O) groups is 1. The molecule has 0 fully saturated rings. The number of benzene rings is 2. The maximum Gasteiger partial charge on any atom is 0.251 e. The average Bonchev–Trinajstić information content (AvgIpc) is 2.48. The lowest BCUT2D eigenvalue weighted by Crippen LogP contribution is -2.28. The van der Waals surface area contributed by atoms with Crippen LogP contribution in [0, 0.1) is 0 Å². The molecule has 2 aromatic rings. The van der Waals surface area contributed by atoms with Gasteiger partial charge in [-0.15, -0.1) is 0 Å². The van der Waals surface area contributed by atoms with Gasteiger partial charge >= 0.3 is 0 Å². The molecule has 0 heterocycles. The molecular formula is C16H14Br2ClNO. The molecule has 1 atom stereocenters. The smallest absolute Gasteiger partial charge is 0.251 e. The monoisotopic (exact) mass is 429 g/mol. The van der Waals surface area contributed by atoms with Gasteiger partial charge in [0.25, 0.3) is 5.91 Å². The normalized spacial score (nSPS) is 12.0. The summed E-state index contributed by atoms with van der Waals surface area (Å²) >= 11 is 12.8. The lowest BCUT2D eigenvalue weighted by Gasteiger charge is -2.18. The van der Waals surface area contributed by atoms with Gasteiger partial charge in [0.1, 0.15) is 0 Å². The first-order chi connectivity index (χ1) is 10.0. The Bertz CT molecular complexity index is 643. The Hall–Kier alpha value is -0.840. The van der Waals surface area contributed by atoms with Gasteiger partial charge in [-0.1, -0.05) is 46.6 Å². The summed E-state index contributed by atoms with van der Waals surface area (Å²) < 4.78 is 1.80. The molecule has 2 aromatic carbocycles. The second-order valence-corrected chi connectivity index (χ2v) is 6.79. The van der Waals surface area contributed by atoms with Crippen LogP contribution in [0.1, 0.15) is 35.3 Å². The van der Waals surface area contributed by atoms with Crippen LogP contribution in [0.15, 0.2) is 51.4 Å². The van der Waals surface area contributed by atoms with Crippen molar-refractivity contribution in [1.82, 2.24) is 5.32 Å². The molecule has 1 N–H and O–H groups in total. The molecule has 2 rings (SSSR count). The largest absolute Gasteiger partial charge is 0.345 e. The summed E-state index contributed by atoms with van der Waals surface area (Å²) in [4.78, 5) is 12.3. The molecule has 110 valence electrons. The predicted octanol–water partition coefficient (Wildman–Crippen LogP) is 5.75. The number of amides is 1. The average molecular weight is 432 g/mol. The van der Waals surface area contributed by atoms with Gasteiger partial charge in [0, 0.05) is 14.5 Å². The van der Waals surface area contributed by atoms with E-state index in [-0.39, 0.29) is 11.9 Å². The number of nitrogens with one attached hydrogen (secondary N) is 1. The third-order valence-electron chi connectivity index (χ3n) is 3.17. The van der Waals surface area contributed by atoms with Crippen LogP contribution in [-0.2, 0) is 0 Å². The van der Waals surface area contributed by atoms with Crippen molar-refractivity contribution in [3.8, 4) is 0 Å². The topological polar surface area (TPSA) is 29.1 Å². The molecule has 5 heteroatoms. The highest BCUT2D eigenvalue weighted by Gasteiger charge is 2.14. The Morgan fingerprint density at radius 1 is 1.19 bits per heavy atom. The zero-order valence-corrected chi connectivity index (χ0v) is 15.3. The lowest BCUT2D eigenvalue weighted by atomic mass is 10.0. The third-order valence-corrected chi connectivity index (χ3v) is 4.93. The van der Waals surface area contributed by atoms with E-state index in [0.29, 0.717) is 10.6 Å². The molecule has 0 spiro atoms. The molecule has 0 saturated heterocycles. The summed E-state index contributed by atoms with van der Waals surface area (Å²) in [5.74, 6) is -0.126. The molecule has 0 aromatic heterocycles. The molecule has 2 nitrogen and oxygen atoms in total. The Balaban J connectivity index is 2.15. The number of hydrogen-bond donors (Lipinski definition) is 1. The van der Waals surface area contributed by atoms with Gasteiger partial charge < -0.3 is 5.32 Å². The first-order valence-electron chi connectivity index (χ1n) is 6.52. The summed E-state index contributed by atoms with van der Waals surface area (Å²) in [6.45, 7) is 2.04. The zero-order valence-electron chi connectivity index (χ0n) is 11.4. The van der Waals surface area contributed by atoms with Gasteiger partial charge in [-0.2, -0.15) is 0 Å². The summed E-state index contributed by atoms with van der Waals surface area (Å²) in [6, 6.07) is 13.1. The predicted molar refractivity (Wildman–Crippen MR) is 93.8 cm³/mol. The van der Waals surface area contributed by atoms with E-state index in [2.05, 4.69) is 37.2 Å². The Kier molecular flexibility index (Phi) is 5.85. The first kappa shape index (κ1) is 16.5. The standard InChI is InChI=1S/C16H14Br2ClNO/c1-2-15(10-3-6-12(17)7-4-10)20-16(21)11-5-8-13(18)14(19)9-11/h3-9,15H,2H2,1H3,(H,20,21). The number of carbonyl (C=O) groups excluding carboxylic acids is 1. The fourth-order valence-electron chi connectivity index (χ4n) is 2.00. The minimum atomic E-state index is -0.126. The maximum atomic E-state index is 12.3. The lowest BCUT2D eigenvalue weighted by molar-refractivity contribution is 0.0935. The van der Waals surface area contributed by atoms with Crippen LogP contribution in [0.4, 0.5) is 0 Å². The van der Waals surface area contributed by atoms with Crippen LogP contribution < -0.4 is 5.32 Å². The summed E-state index contributed by atoms with van der Waals surface area (Å²) in [6.07, 6.45) is 0.817. The summed E-state index contributed by atoms with van der Waals surface area (Å²) in [7, 11) is 0. The Morgan fingerprint density at radius 3 is 2.43 bits per heavy atom. The van der Waals surface area contributed by atoms with Crippen molar-refractivity contribution in [3.63, 3.8) is 0 Å². The van der Waals surface area contributed by atoms with Crippen molar-refractivity contribution in [1.29, 1.82) is 0 Å². The van der Waals surface area contributed by atoms with Crippen molar-refractivity contribution in [2.24, 2.45) is 0 Å². The Labute approximate surface area is 146 Å². The Morgan fingerprint density at radius 2 is 1.86 bits per heavy atom. The molecule has 0 saturated carbocycles. The molecule has 1 amide bonds. The van der Waals surface area contributed by atoms with E-state index in [0.717, 1.165) is 20.9 Å². The van der Waals surface area contributed by atoms with Gasteiger partial charge in [-0.05, 0) is 58.2 Å². The quantitative estimate of drug-likeness (QED) is 0.657. The van der Waals surface area contributed by atoms with Crippen LogP contribution in [0.25, 0.3) is 0 Å². The van der Waals surface area contributed by atoms with Crippen LogP contribution in [0.5, 0.6) is 0 Å². The van der Waals surface area contributed by atoms with E-state index in [1.165, 1.54) is 0 Å². The molecule has 0 radical (unpaired) electrons. The number of rotatable bonds is 4. The highest BCUT2D eigenvalue weighted by molar-refractivity contribution is 9.10. The SMILES string of the molecule is CCC(NC(=O)c1ccc(Br)c(Cl)c1)c1ccc(Br)cc1. The van der Waals surface area contributed by atoms with Gasteiger partial charge in [0.15, 0.2) is 0 Å². The minimum Gasteiger partial charge on any atom is -0.345 e. The first-order valence-corrected chi connectivity index (χ1v) is 8.49. The van der Waals surface area contributed by atoms with E-state index in [1.54, 1.807) is 18.2 Å². The highest BCUT2D eigenvalue weighted by atomic mass is 79.9. The second-order valence-electron chi connectivity index (χ2n) is 4.61. The van der Waals surface area contributed by atoms with E-state index in [4.69, 9.17) is 11.6 Å². The van der Waals surface area contributed by atoms with Gasteiger partial charge in [0.05, 0.1) is 11.1 Å². The van der Waals surface area contributed by atoms with E-state index in [9.17, 15) is 4.79 Å². The van der Waals surface area contributed by atoms with Crippen molar-refractivity contribution in [3.05, 3.63) is 67.6 Å². The second kappa shape index (κ2) is 7.43. The molecule has 0 aliphatic carbocycles. The van der Waals surface area contributed by atoms with Gasteiger partial charge in [-0.3, -0.25) is 4.79 Å². The van der Waals surface area contributed by atoms with Crippen LogP contribution in [0.3, 0.4) is 0 Å². The molecule has 1 unspecified atom stereocenters. The van der Waals surface area contributed by atoms with Gasteiger partial charge in [-0.25, -0.2) is 0 Å². The van der Waals surface area contributed by atoms with Crippen LogP contribution >= 0.6 is 43.5 Å². The maximum absolute atomic E-state index is 12.3. The fraction of sp³-hybridized carbons (Fsp3) is 0.188. The van der Waals surface area contributed by atoms with E-state index >= 15 is 0 Å². The third kappa shape index (κ3) is 4.31. The van der Waals surface area contributed by atoms with Crippen molar-refractivity contribution < 1.29 is 4.79 Å². The molecule has 0 aliphatic heterocycles. The summed E-state index contributed by atoms with van der Waals surface area (Å²) in [5.41, 5.74) is 1.64. The van der Waals surface area contributed by atoms with Crippen molar-refractivity contribution >= 4 is 49.4 Å². The number of halogens is 3. The van der Waals surface area contributed by atoms with E-state index in [1.807, 2.05) is 31.2 Å². The fourth-order valence-corrected chi connectivity index (χ4v) is 2.69. The van der Waals surface area contributed by atoms with Crippen molar-refractivity contribution in [2.75, 3.05) is 0 Å². The number of hydrogen-bond acceptors (Lipinski definition) is 1. The van der Waals surface area contributed by atoms with Crippen LogP contribution in [0.2, 0.25) is 5.02 Å². The molecular weight excluding hydrogens is 417 g/mol. The summed E-state index contributed by atoms with van der Waals surface area (Å²) in [5, 5.41) is 3.56. The van der Waals surface area contributed by atoms with Crippen molar-refractivity contribution in [2.45, 2.75) is 19.4 Å².